The molecule has 0 atom stereocenters. The summed E-state index contributed by atoms with van der Waals surface area (Å²) in [4.78, 5) is 23.6. The molecule has 1 heterocycles. The number of amides is 1. The molecule has 0 radical (unpaired) electrons. The van der Waals surface area contributed by atoms with Crippen LogP contribution in [0.2, 0.25) is 0 Å². The number of hydrogen-bond acceptors (Lipinski definition) is 4. The molecule has 0 fully saturated rings. The summed E-state index contributed by atoms with van der Waals surface area (Å²) >= 11 is 0. The average molecular weight is 301 g/mol. The van der Waals surface area contributed by atoms with Gasteiger partial charge in [0.15, 0.2) is 0 Å². The van der Waals surface area contributed by atoms with Gasteiger partial charge in [0.25, 0.3) is 0 Å². The van der Waals surface area contributed by atoms with Crippen LogP contribution in [0, 0.1) is 0 Å². The van der Waals surface area contributed by atoms with Crippen molar-refractivity contribution in [1.29, 1.82) is 0 Å². The average Bonchev–Trinajstić information content (AvgIpc) is 3.01. The highest BCUT2D eigenvalue weighted by Crippen LogP contribution is 2.11. The molecule has 1 amide bonds. The van der Waals surface area contributed by atoms with Gasteiger partial charge in [-0.3, -0.25) is 9.48 Å². The van der Waals surface area contributed by atoms with Crippen molar-refractivity contribution in [1.82, 2.24) is 9.78 Å². The fourth-order valence-corrected chi connectivity index (χ4v) is 1.82. The number of rotatable bonds is 7. The zero-order valence-electron chi connectivity index (χ0n) is 12.5. The van der Waals surface area contributed by atoms with Crippen molar-refractivity contribution in [2.45, 2.75) is 26.3 Å². The Morgan fingerprint density at radius 2 is 2.05 bits per heavy atom. The summed E-state index contributed by atoms with van der Waals surface area (Å²) in [7, 11) is 0. The standard InChI is InChI=1S/C16H19N3O3/c1-2-3-11-22-16(21)13-5-7-14(8-6-13)18-15(20)12-19-10-4-9-17-19/h4-10H,2-3,11-12H2,1H3,(H,18,20). The molecule has 6 nitrogen and oxygen atoms in total. The first-order valence-corrected chi connectivity index (χ1v) is 7.23. The minimum atomic E-state index is -0.345. The van der Waals surface area contributed by atoms with Crippen LogP contribution in [0.3, 0.4) is 0 Å². The molecule has 22 heavy (non-hydrogen) atoms. The van der Waals surface area contributed by atoms with Gasteiger partial charge in [-0.25, -0.2) is 4.79 Å². The van der Waals surface area contributed by atoms with Gasteiger partial charge in [0.2, 0.25) is 5.91 Å². The molecule has 1 aromatic heterocycles. The van der Waals surface area contributed by atoms with Crippen LogP contribution < -0.4 is 5.32 Å². The second-order valence-electron chi connectivity index (χ2n) is 4.82. The van der Waals surface area contributed by atoms with E-state index in [2.05, 4.69) is 10.4 Å². The van der Waals surface area contributed by atoms with Gasteiger partial charge in [-0.1, -0.05) is 13.3 Å². The van der Waals surface area contributed by atoms with E-state index in [1.165, 1.54) is 4.68 Å². The van der Waals surface area contributed by atoms with Crippen LogP contribution in [0.25, 0.3) is 0 Å². The smallest absolute Gasteiger partial charge is 0.338 e. The number of anilines is 1. The minimum Gasteiger partial charge on any atom is -0.462 e. The maximum absolute atomic E-state index is 11.8. The largest absolute Gasteiger partial charge is 0.462 e. The Labute approximate surface area is 129 Å². The predicted octanol–water partition coefficient (Wildman–Crippen LogP) is 2.48. The number of esters is 1. The van der Waals surface area contributed by atoms with E-state index >= 15 is 0 Å². The summed E-state index contributed by atoms with van der Waals surface area (Å²) in [6.45, 7) is 2.61. The number of nitrogens with one attached hydrogen (secondary N) is 1. The molecule has 2 aromatic rings. The Bertz CT molecular complexity index is 606. The zero-order valence-corrected chi connectivity index (χ0v) is 12.5. The lowest BCUT2D eigenvalue weighted by atomic mass is 10.2. The zero-order chi connectivity index (χ0) is 15.8. The lowest BCUT2D eigenvalue weighted by Crippen LogP contribution is -2.19. The van der Waals surface area contributed by atoms with Crippen LogP contribution in [0.15, 0.2) is 42.7 Å². The summed E-state index contributed by atoms with van der Waals surface area (Å²) < 4.78 is 6.66. The fraction of sp³-hybridized carbons (Fsp3) is 0.312. The number of nitrogens with zero attached hydrogens (tertiary/aromatic N) is 2. The number of benzene rings is 1. The Balaban J connectivity index is 1.86. The third-order valence-corrected chi connectivity index (χ3v) is 3.00. The van der Waals surface area contributed by atoms with Gasteiger partial charge in [0.1, 0.15) is 6.54 Å². The van der Waals surface area contributed by atoms with Crippen molar-refractivity contribution >= 4 is 17.6 Å². The van der Waals surface area contributed by atoms with Crippen molar-refractivity contribution in [3.63, 3.8) is 0 Å². The van der Waals surface area contributed by atoms with E-state index in [0.717, 1.165) is 12.8 Å². The number of carbonyl (C=O) groups is 2. The number of aromatic nitrogens is 2. The minimum absolute atomic E-state index is 0.147. The summed E-state index contributed by atoms with van der Waals surface area (Å²) in [6, 6.07) is 8.39. The molecule has 0 saturated heterocycles. The molecule has 1 N–H and O–H groups in total. The van der Waals surface area contributed by atoms with Crippen LogP contribution in [0.4, 0.5) is 5.69 Å². The van der Waals surface area contributed by atoms with Crippen molar-refractivity contribution in [3.8, 4) is 0 Å². The molecular formula is C16H19N3O3. The normalized spacial score (nSPS) is 10.2. The van der Waals surface area contributed by atoms with Crippen LogP contribution in [0.5, 0.6) is 0 Å². The first kappa shape index (κ1) is 15.8. The molecule has 0 aliphatic heterocycles. The van der Waals surface area contributed by atoms with E-state index in [4.69, 9.17) is 4.74 Å². The second kappa shape index (κ2) is 7.97. The Kier molecular flexibility index (Phi) is 5.71. The third-order valence-electron chi connectivity index (χ3n) is 3.00. The summed E-state index contributed by atoms with van der Waals surface area (Å²) in [5, 5.41) is 6.71. The molecule has 116 valence electrons. The molecule has 0 saturated carbocycles. The molecule has 6 heteroatoms. The van der Waals surface area contributed by atoms with E-state index in [1.54, 1.807) is 42.7 Å². The van der Waals surface area contributed by atoms with E-state index < -0.39 is 0 Å². The van der Waals surface area contributed by atoms with E-state index in [-0.39, 0.29) is 18.4 Å². The Morgan fingerprint density at radius 1 is 1.27 bits per heavy atom. The topological polar surface area (TPSA) is 73.2 Å². The highest BCUT2D eigenvalue weighted by atomic mass is 16.5. The lowest BCUT2D eigenvalue weighted by molar-refractivity contribution is -0.116. The molecule has 0 aliphatic rings. The van der Waals surface area contributed by atoms with Gasteiger partial charge in [-0.05, 0) is 36.8 Å². The molecule has 0 unspecified atom stereocenters. The number of carbonyl (C=O) groups excluding carboxylic acids is 2. The lowest BCUT2D eigenvalue weighted by Gasteiger charge is -2.07. The van der Waals surface area contributed by atoms with Gasteiger partial charge in [0.05, 0.1) is 12.2 Å². The maximum Gasteiger partial charge on any atom is 0.338 e. The summed E-state index contributed by atoms with van der Waals surface area (Å²) in [6.07, 6.45) is 5.17. The Morgan fingerprint density at radius 3 is 2.68 bits per heavy atom. The number of hydrogen-bond donors (Lipinski definition) is 1. The molecular weight excluding hydrogens is 282 g/mol. The highest BCUT2D eigenvalue weighted by Gasteiger charge is 2.08. The number of ether oxygens (including phenoxy) is 1. The van der Waals surface area contributed by atoms with Gasteiger partial charge in [-0.15, -0.1) is 0 Å². The molecule has 0 spiro atoms. The van der Waals surface area contributed by atoms with Crippen LogP contribution in [0.1, 0.15) is 30.1 Å². The van der Waals surface area contributed by atoms with Gasteiger partial charge < -0.3 is 10.1 Å². The Hall–Kier alpha value is -2.63. The molecule has 0 bridgehead atoms. The van der Waals surface area contributed by atoms with Crippen molar-refractivity contribution < 1.29 is 14.3 Å². The molecule has 1 aromatic carbocycles. The first-order valence-electron chi connectivity index (χ1n) is 7.23. The molecule has 0 aliphatic carbocycles. The monoisotopic (exact) mass is 301 g/mol. The fourth-order valence-electron chi connectivity index (χ4n) is 1.82. The van der Waals surface area contributed by atoms with Crippen LogP contribution >= 0.6 is 0 Å². The highest BCUT2D eigenvalue weighted by molar-refractivity contribution is 5.92. The van der Waals surface area contributed by atoms with Crippen LogP contribution in [-0.2, 0) is 16.1 Å². The van der Waals surface area contributed by atoms with Crippen LogP contribution in [-0.4, -0.2) is 28.3 Å². The first-order chi connectivity index (χ1) is 10.7. The van der Waals surface area contributed by atoms with Crippen molar-refractivity contribution in [3.05, 3.63) is 48.3 Å². The third kappa shape index (κ3) is 4.73. The van der Waals surface area contributed by atoms with Gasteiger partial charge >= 0.3 is 5.97 Å². The molecule has 2 rings (SSSR count). The van der Waals surface area contributed by atoms with Crippen molar-refractivity contribution in [2.24, 2.45) is 0 Å². The SMILES string of the molecule is CCCCOC(=O)c1ccc(NC(=O)Cn2cccn2)cc1. The second-order valence-corrected chi connectivity index (χ2v) is 4.82. The number of unbranched alkanes of at least 4 members (excludes halogenated alkanes) is 1. The quantitative estimate of drug-likeness (QED) is 0.630. The maximum atomic E-state index is 11.8. The van der Waals surface area contributed by atoms with E-state index in [0.29, 0.717) is 17.9 Å². The van der Waals surface area contributed by atoms with E-state index in [1.807, 2.05) is 6.92 Å². The van der Waals surface area contributed by atoms with Crippen molar-refractivity contribution in [2.75, 3.05) is 11.9 Å². The van der Waals surface area contributed by atoms with E-state index in [9.17, 15) is 9.59 Å². The summed E-state index contributed by atoms with van der Waals surface area (Å²) in [5.74, 6) is -0.523. The van der Waals surface area contributed by atoms with Gasteiger partial charge in [-0.2, -0.15) is 5.10 Å². The summed E-state index contributed by atoms with van der Waals surface area (Å²) in [5.41, 5.74) is 1.10. The predicted molar refractivity (Wildman–Crippen MR) is 82.5 cm³/mol. The van der Waals surface area contributed by atoms with Gasteiger partial charge in [0, 0.05) is 18.1 Å².